The Morgan fingerprint density at radius 3 is 3.08 bits per heavy atom. The highest BCUT2D eigenvalue weighted by molar-refractivity contribution is 7.07. The van der Waals surface area contributed by atoms with Crippen LogP contribution in [0.4, 0.5) is 0 Å². The van der Waals surface area contributed by atoms with E-state index in [0.29, 0.717) is 11.0 Å². The number of thiazole rings is 1. The summed E-state index contributed by atoms with van der Waals surface area (Å²) in [6.45, 7) is 4.78. The van der Waals surface area contributed by atoms with Gasteiger partial charge in [-0.2, -0.15) is 5.10 Å². The van der Waals surface area contributed by atoms with Gasteiger partial charge in [-0.05, 0) is 32.1 Å². The topological polar surface area (TPSA) is 61.4 Å². The van der Waals surface area contributed by atoms with Crippen LogP contribution in [-0.4, -0.2) is 20.1 Å². The molecule has 2 atom stereocenters. The fourth-order valence-electron chi connectivity index (χ4n) is 3.80. The molecule has 0 fully saturated rings. The zero-order valence-corrected chi connectivity index (χ0v) is 15.4. The van der Waals surface area contributed by atoms with E-state index in [-0.39, 0.29) is 11.6 Å². The smallest absolute Gasteiger partial charge is 0.270 e. The molecule has 0 saturated heterocycles. The van der Waals surface area contributed by atoms with Crippen LogP contribution in [0.1, 0.15) is 37.6 Å². The largest absolute Gasteiger partial charge is 0.466 e. The first kappa shape index (κ1) is 15.6. The van der Waals surface area contributed by atoms with E-state index in [0.717, 1.165) is 28.4 Å². The summed E-state index contributed by atoms with van der Waals surface area (Å²) in [6.07, 6.45) is 4.33. The van der Waals surface area contributed by atoms with E-state index in [1.54, 1.807) is 6.20 Å². The maximum atomic E-state index is 13.2. The fourth-order valence-corrected chi connectivity index (χ4v) is 4.91. The van der Waals surface area contributed by atoms with Gasteiger partial charge in [0.1, 0.15) is 5.75 Å². The Kier molecular flexibility index (Phi) is 3.24. The van der Waals surface area contributed by atoms with Crippen molar-refractivity contribution in [2.45, 2.75) is 38.6 Å². The lowest BCUT2D eigenvalue weighted by atomic mass is 9.93. The Labute approximate surface area is 153 Å². The van der Waals surface area contributed by atoms with Gasteiger partial charge in [0.25, 0.3) is 5.56 Å². The third-order valence-electron chi connectivity index (χ3n) is 4.99. The van der Waals surface area contributed by atoms with Crippen molar-refractivity contribution in [3.05, 3.63) is 67.5 Å². The third kappa shape index (κ3) is 2.20. The van der Waals surface area contributed by atoms with E-state index in [9.17, 15) is 4.79 Å². The van der Waals surface area contributed by atoms with Crippen LogP contribution in [0.25, 0.3) is 6.08 Å². The Balaban J connectivity index is 1.76. The van der Waals surface area contributed by atoms with Crippen molar-refractivity contribution in [1.29, 1.82) is 0 Å². The van der Waals surface area contributed by atoms with E-state index < -0.39 is 5.72 Å². The minimum atomic E-state index is -0.626. The van der Waals surface area contributed by atoms with Gasteiger partial charge in [-0.1, -0.05) is 29.5 Å². The molecule has 0 radical (unpaired) electrons. The lowest BCUT2D eigenvalue weighted by molar-refractivity contribution is 0.0410. The standard InChI is InChI=1S/C19H18N4O2S/c1-3-22-12(8-9-20-22)10-16-17(24)23-14-11-19(2,21-18(23)26-16)25-15-7-5-4-6-13(14)15/h4-10,14H,3,11H2,1-2H3/b16-10-/t14-,19-/m0/s1. The average Bonchev–Trinajstić information content (AvgIpc) is 3.19. The van der Waals surface area contributed by atoms with Gasteiger partial charge in [0.05, 0.1) is 16.3 Å². The molecule has 0 aliphatic carbocycles. The van der Waals surface area contributed by atoms with E-state index in [1.165, 1.54) is 11.3 Å². The molecular formula is C19H18N4O2S. The number of hydrogen-bond donors (Lipinski definition) is 0. The van der Waals surface area contributed by atoms with Crippen LogP contribution in [0.15, 0.2) is 46.3 Å². The molecule has 7 heteroatoms. The van der Waals surface area contributed by atoms with Gasteiger partial charge in [0, 0.05) is 24.7 Å². The molecule has 0 saturated carbocycles. The molecule has 1 aromatic carbocycles. The summed E-state index contributed by atoms with van der Waals surface area (Å²) in [5, 5.41) is 4.27. The first-order valence-electron chi connectivity index (χ1n) is 8.71. The summed E-state index contributed by atoms with van der Waals surface area (Å²) in [5.74, 6) is 0.813. The predicted molar refractivity (Wildman–Crippen MR) is 99.1 cm³/mol. The first-order chi connectivity index (χ1) is 12.6. The molecule has 26 heavy (non-hydrogen) atoms. The van der Waals surface area contributed by atoms with Crippen LogP contribution in [0.2, 0.25) is 0 Å². The van der Waals surface area contributed by atoms with E-state index >= 15 is 0 Å². The maximum absolute atomic E-state index is 13.2. The highest BCUT2D eigenvalue weighted by atomic mass is 32.1. The highest BCUT2D eigenvalue weighted by Crippen LogP contribution is 2.42. The number of para-hydroxylation sites is 1. The fraction of sp³-hybridized carbons (Fsp3) is 0.316. The number of fused-ring (bicyclic) bond motifs is 6. The van der Waals surface area contributed by atoms with Gasteiger partial charge in [-0.3, -0.25) is 14.0 Å². The van der Waals surface area contributed by atoms with Crippen LogP contribution in [-0.2, 0) is 6.54 Å². The van der Waals surface area contributed by atoms with Crippen molar-refractivity contribution in [2.75, 3.05) is 0 Å². The van der Waals surface area contributed by atoms with Crippen molar-refractivity contribution in [1.82, 2.24) is 14.3 Å². The molecule has 0 amide bonds. The number of aryl methyl sites for hydroxylation is 1. The molecule has 2 aromatic heterocycles. The van der Waals surface area contributed by atoms with E-state index in [1.807, 2.05) is 59.5 Å². The molecule has 5 rings (SSSR count). The Morgan fingerprint density at radius 2 is 2.23 bits per heavy atom. The van der Waals surface area contributed by atoms with Crippen molar-refractivity contribution in [3.63, 3.8) is 0 Å². The second kappa shape index (κ2) is 5.41. The number of nitrogens with zero attached hydrogens (tertiary/aromatic N) is 4. The van der Waals surface area contributed by atoms with Gasteiger partial charge in [0.15, 0.2) is 4.80 Å². The lowest BCUT2D eigenvalue weighted by Gasteiger charge is -2.39. The van der Waals surface area contributed by atoms with Crippen LogP contribution in [0.3, 0.4) is 0 Å². The summed E-state index contributed by atoms with van der Waals surface area (Å²) in [6, 6.07) is 9.80. The molecule has 0 spiro atoms. The zero-order chi connectivity index (χ0) is 17.9. The molecule has 2 aliphatic rings. The molecule has 0 N–H and O–H groups in total. The summed E-state index contributed by atoms with van der Waals surface area (Å²) >= 11 is 1.42. The van der Waals surface area contributed by atoms with E-state index in [2.05, 4.69) is 5.10 Å². The molecule has 0 unspecified atom stereocenters. The first-order valence-corrected chi connectivity index (χ1v) is 9.52. The second-order valence-electron chi connectivity index (χ2n) is 6.79. The van der Waals surface area contributed by atoms with Gasteiger partial charge in [0.2, 0.25) is 5.72 Å². The number of rotatable bonds is 2. The van der Waals surface area contributed by atoms with Crippen molar-refractivity contribution >= 4 is 17.4 Å². The number of aromatic nitrogens is 3. The predicted octanol–water partition coefficient (Wildman–Crippen LogP) is 1.68. The highest BCUT2D eigenvalue weighted by Gasteiger charge is 2.42. The van der Waals surface area contributed by atoms with Gasteiger partial charge in [-0.25, -0.2) is 4.99 Å². The van der Waals surface area contributed by atoms with Gasteiger partial charge >= 0.3 is 0 Å². The lowest BCUT2D eigenvalue weighted by Crippen LogP contribution is -2.49. The van der Waals surface area contributed by atoms with Gasteiger partial charge < -0.3 is 4.74 Å². The van der Waals surface area contributed by atoms with Crippen LogP contribution in [0.5, 0.6) is 5.75 Å². The second-order valence-corrected chi connectivity index (χ2v) is 7.80. The number of benzene rings is 1. The molecule has 6 nitrogen and oxygen atoms in total. The monoisotopic (exact) mass is 366 g/mol. The molecule has 2 bridgehead atoms. The van der Waals surface area contributed by atoms with E-state index in [4.69, 9.17) is 9.73 Å². The maximum Gasteiger partial charge on any atom is 0.270 e. The average molecular weight is 366 g/mol. The zero-order valence-electron chi connectivity index (χ0n) is 14.5. The molecular weight excluding hydrogens is 348 g/mol. The normalized spacial score (nSPS) is 23.8. The molecule has 3 aromatic rings. The Hall–Kier alpha value is -2.67. The quantitative estimate of drug-likeness (QED) is 0.693. The van der Waals surface area contributed by atoms with Crippen LogP contribution < -0.4 is 19.6 Å². The van der Waals surface area contributed by atoms with Gasteiger partial charge in [-0.15, -0.1) is 0 Å². The number of hydrogen-bond acceptors (Lipinski definition) is 5. The molecule has 132 valence electrons. The van der Waals surface area contributed by atoms with Crippen molar-refractivity contribution < 1.29 is 4.74 Å². The summed E-state index contributed by atoms with van der Waals surface area (Å²) in [4.78, 5) is 18.7. The van der Waals surface area contributed by atoms with Crippen molar-refractivity contribution in [2.24, 2.45) is 4.99 Å². The minimum Gasteiger partial charge on any atom is -0.466 e. The number of ether oxygens (including phenoxy) is 1. The Bertz CT molecular complexity index is 1190. The minimum absolute atomic E-state index is 0.00126. The molecule has 4 heterocycles. The third-order valence-corrected chi connectivity index (χ3v) is 5.97. The van der Waals surface area contributed by atoms with Crippen LogP contribution in [0, 0.1) is 0 Å². The molecule has 2 aliphatic heterocycles. The Morgan fingerprint density at radius 1 is 1.38 bits per heavy atom. The SMILES string of the molecule is CCn1nccc1/C=c1\sc2n(c1=O)[C@H]1C[C@@](C)(N=2)Oc2ccccc21. The van der Waals surface area contributed by atoms with Crippen LogP contribution >= 0.6 is 11.3 Å². The summed E-state index contributed by atoms with van der Waals surface area (Å²) < 4.78 is 10.5. The van der Waals surface area contributed by atoms with Crippen molar-refractivity contribution in [3.8, 4) is 5.75 Å². The summed E-state index contributed by atoms with van der Waals surface area (Å²) in [7, 11) is 0. The summed E-state index contributed by atoms with van der Waals surface area (Å²) in [5.41, 5.74) is 1.35.